The minimum absolute atomic E-state index is 0.596. The second-order valence-electron chi connectivity index (χ2n) is 10.1. The number of likely N-dealkylation sites (tertiary alicyclic amines) is 1. The van der Waals surface area contributed by atoms with Crippen molar-refractivity contribution in [3.8, 4) is 51.2 Å². The number of imidazole rings is 1. The molecule has 3 aromatic carbocycles. The first-order chi connectivity index (χ1) is 19.0. The van der Waals surface area contributed by atoms with Crippen molar-refractivity contribution in [2.45, 2.75) is 25.7 Å². The molecule has 1 N–H and O–H groups in total. The lowest BCUT2D eigenvalue weighted by atomic mass is 9.93. The highest BCUT2D eigenvalue weighted by Gasteiger charge is 2.18. The van der Waals surface area contributed by atoms with Gasteiger partial charge in [0.15, 0.2) is 0 Å². The summed E-state index contributed by atoms with van der Waals surface area (Å²) in [4.78, 5) is 10.9. The maximum atomic E-state index is 6.77. The van der Waals surface area contributed by atoms with Gasteiger partial charge in [-0.15, -0.1) is 0 Å². The van der Waals surface area contributed by atoms with Crippen molar-refractivity contribution in [3.63, 3.8) is 0 Å². The molecule has 6 nitrogen and oxygen atoms in total. The Labute approximate surface area is 235 Å². The van der Waals surface area contributed by atoms with Crippen molar-refractivity contribution in [2.24, 2.45) is 5.92 Å². The second-order valence-corrected chi connectivity index (χ2v) is 10.6. The van der Waals surface area contributed by atoms with E-state index in [1.54, 1.807) is 14.2 Å². The molecule has 0 amide bonds. The highest BCUT2D eigenvalue weighted by Crippen LogP contribution is 2.37. The van der Waals surface area contributed by atoms with Crippen LogP contribution in [0.1, 0.15) is 25.7 Å². The van der Waals surface area contributed by atoms with Gasteiger partial charge in [-0.2, -0.15) is 0 Å². The Morgan fingerprint density at radius 1 is 0.872 bits per heavy atom. The molecule has 0 spiro atoms. The number of rotatable bonds is 10. The number of piperidine rings is 1. The third-order valence-corrected chi connectivity index (χ3v) is 7.82. The van der Waals surface area contributed by atoms with Crippen LogP contribution in [0.15, 0.2) is 66.7 Å². The number of hydrogen-bond acceptors (Lipinski definition) is 5. The Morgan fingerprint density at radius 3 is 2.10 bits per heavy atom. The fraction of sp³-hybridized carbons (Fsp3) is 0.344. The Kier molecular flexibility index (Phi) is 8.74. The van der Waals surface area contributed by atoms with Crippen LogP contribution in [0.5, 0.6) is 17.2 Å². The van der Waals surface area contributed by atoms with Crippen molar-refractivity contribution in [3.05, 3.63) is 71.8 Å². The molecule has 2 heterocycles. The van der Waals surface area contributed by atoms with Gasteiger partial charge in [-0.3, -0.25) is 0 Å². The summed E-state index contributed by atoms with van der Waals surface area (Å²) >= 11 is 6.77. The molecule has 0 aliphatic carbocycles. The van der Waals surface area contributed by atoms with Gasteiger partial charge in [0, 0.05) is 16.7 Å². The molecule has 0 radical (unpaired) electrons. The largest absolute Gasteiger partial charge is 0.497 e. The summed E-state index contributed by atoms with van der Waals surface area (Å²) in [5.41, 5.74) is 4.54. The first kappa shape index (κ1) is 27.1. The average Bonchev–Trinajstić information content (AvgIpc) is 3.41. The Bertz CT molecular complexity index is 1300. The summed E-state index contributed by atoms with van der Waals surface area (Å²) in [7, 11) is 5.53. The van der Waals surface area contributed by atoms with Crippen LogP contribution in [0.2, 0.25) is 5.02 Å². The van der Waals surface area contributed by atoms with Gasteiger partial charge < -0.3 is 24.1 Å². The van der Waals surface area contributed by atoms with Crippen molar-refractivity contribution >= 4 is 11.6 Å². The van der Waals surface area contributed by atoms with Crippen LogP contribution in [0, 0.1) is 5.92 Å². The molecule has 4 aromatic rings. The van der Waals surface area contributed by atoms with Crippen LogP contribution < -0.4 is 14.2 Å². The molecule has 39 heavy (non-hydrogen) atoms. The normalized spacial score (nSPS) is 14.4. The zero-order valence-electron chi connectivity index (χ0n) is 22.9. The van der Waals surface area contributed by atoms with E-state index in [1.807, 2.05) is 66.7 Å². The van der Waals surface area contributed by atoms with E-state index in [2.05, 4.69) is 16.9 Å². The summed E-state index contributed by atoms with van der Waals surface area (Å²) in [6.07, 6.45) is 4.85. The van der Waals surface area contributed by atoms with Crippen molar-refractivity contribution in [2.75, 3.05) is 41.0 Å². The minimum atomic E-state index is 0.596. The maximum absolute atomic E-state index is 6.77. The molecule has 7 heteroatoms. The number of hydrogen-bond donors (Lipinski definition) is 1. The SMILES string of the molecule is COc1ccc(-c2nc(-c3ccc(OCCCC4CCN(C)CC4)cc3Cl)[nH]c2-c2ccc(OC)cc2)cc1. The molecule has 1 fully saturated rings. The topological polar surface area (TPSA) is 59.6 Å². The molecular weight excluding hydrogens is 510 g/mol. The number of benzene rings is 3. The first-order valence-electron chi connectivity index (χ1n) is 13.5. The smallest absolute Gasteiger partial charge is 0.140 e. The fourth-order valence-electron chi connectivity index (χ4n) is 5.12. The quantitative estimate of drug-likeness (QED) is 0.208. The Hall–Kier alpha value is -3.48. The monoisotopic (exact) mass is 545 g/mol. The molecule has 204 valence electrons. The van der Waals surface area contributed by atoms with E-state index in [9.17, 15) is 0 Å². The van der Waals surface area contributed by atoms with Crippen molar-refractivity contribution < 1.29 is 14.2 Å². The summed E-state index contributed by atoms with van der Waals surface area (Å²) in [6, 6.07) is 21.7. The lowest BCUT2D eigenvalue weighted by Gasteiger charge is -2.28. The van der Waals surface area contributed by atoms with Gasteiger partial charge in [0.25, 0.3) is 0 Å². The number of methoxy groups -OCH3 is 2. The molecule has 1 aliphatic heterocycles. The minimum Gasteiger partial charge on any atom is -0.497 e. The average molecular weight is 546 g/mol. The van der Waals surface area contributed by atoms with Gasteiger partial charge in [-0.25, -0.2) is 4.98 Å². The number of ether oxygens (including phenoxy) is 3. The standard InChI is InChI=1S/C32H36ClN3O3/c1-36-18-16-22(17-19-36)5-4-20-39-27-14-15-28(29(33)21-27)32-34-30(23-6-10-25(37-2)11-7-23)31(35-32)24-8-12-26(38-3)13-9-24/h6-15,21-22H,4-5,16-20H2,1-3H3,(H,34,35). The molecule has 5 rings (SSSR count). The van der Waals surface area contributed by atoms with Crippen molar-refractivity contribution in [1.82, 2.24) is 14.9 Å². The maximum Gasteiger partial charge on any atom is 0.140 e. The molecule has 0 saturated carbocycles. The van der Waals surface area contributed by atoms with E-state index in [-0.39, 0.29) is 0 Å². The molecule has 1 aromatic heterocycles. The molecule has 0 atom stereocenters. The summed E-state index contributed by atoms with van der Waals surface area (Å²) in [6.45, 7) is 3.11. The highest BCUT2D eigenvalue weighted by molar-refractivity contribution is 6.33. The van der Waals surface area contributed by atoms with Crippen LogP contribution in [0.25, 0.3) is 33.9 Å². The van der Waals surface area contributed by atoms with Gasteiger partial charge in [0.05, 0.1) is 37.2 Å². The number of halogens is 1. The summed E-state index contributed by atoms with van der Waals surface area (Å²) in [5, 5.41) is 0.596. The zero-order valence-corrected chi connectivity index (χ0v) is 23.6. The number of nitrogens with one attached hydrogen (secondary N) is 1. The van der Waals surface area contributed by atoms with Crippen LogP contribution >= 0.6 is 11.6 Å². The summed E-state index contributed by atoms with van der Waals surface area (Å²) < 4.78 is 16.7. The lowest BCUT2D eigenvalue weighted by molar-refractivity contribution is 0.200. The van der Waals surface area contributed by atoms with E-state index >= 15 is 0 Å². The predicted molar refractivity (Wildman–Crippen MR) is 158 cm³/mol. The fourth-order valence-corrected chi connectivity index (χ4v) is 5.38. The van der Waals surface area contributed by atoms with Crippen molar-refractivity contribution in [1.29, 1.82) is 0 Å². The van der Waals surface area contributed by atoms with Crippen LogP contribution in [-0.4, -0.2) is 55.8 Å². The van der Waals surface area contributed by atoms with E-state index in [4.69, 9.17) is 30.8 Å². The number of nitrogens with zero attached hydrogens (tertiary/aromatic N) is 2. The predicted octanol–water partition coefficient (Wildman–Crippen LogP) is 7.58. The Morgan fingerprint density at radius 2 is 1.49 bits per heavy atom. The first-order valence-corrected chi connectivity index (χ1v) is 13.9. The van der Waals surface area contributed by atoms with Gasteiger partial charge >= 0.3 is 0 Å². The van der Waals surface area contributed by atoms with Crippen LogP contribution in [-0.2, 0) is 0 Å². The third kappa shape index (κ3) is 6.57. The van der Waals surface area contributed by atoms with Crippen LogP contribution in [0.3, 0.4) is 0 Å². The van der Waals surface area contributed by atoms with E-state index < -0.39 is 0 Å². The van der Waals surface area contributed by atoms with Gasteiger partial charge in [-0.1, -0.05) is 11.6 Å². The van der Waals surface area contributed by atoms with E-state index in [0.29, 0.717) is 17.5 Å². The van der Waals surface area contributed by atoms with Gasteiger partial charge in [0.1, 0.15) is 23.1 Å². The zero-order chi connectivity index (χ0) is 27.2. The van der Waals surface area contributed by atoms with Gasteiger partial charge in [0.2, 0.25) is 0 Å². The van der Waals surface area contributed by atoms with Crippen LogP contribution in [0.4, 0.5) is 0 Å². The van der Waals surface area contributed by atoms with E-state index in [1.165, 1.54) is 32.4 Å². The molecular formula is C32H36ClN3O3. The number of H-pyrrole nitrogens is 1. The second kappa shape index (κ2) is 12.6. The van der Waals surface area contributed by atoms with Gasteiger partial charge in [-0.05, 0) is 118 Å². The molecule has 0 bridgehead atoms. The third-order valence-electron chi connectivity index (χ3n) is 7.51. The Balaban J connectivity index is 1.34. The number of aromatic amines is 1. The summed E-state index contributed by atoms with van der Waals surface area (Å²) in [5.74, 6) is 3.89. The molecule has 0 unspecified atom stereocenters. The highest BCUT2D eigenvalue weighted by atomic mass is 35.5. The lowest BCUT2D eigenvalue weighted by Crippen LogP contribution is -2.30. The van der Waals surface area contributed by atoms with E-state index in [0.717, 1.165) is 57.7 Å². The molecule has 1 aliphatic rings. The molecule has 1 saturated heterocycles. The number of aromatic nitrogens is 2.